The summed E-state index contributed by atoms with van der Waals surface area (Å²) in [5.74, 6) is 1.20. The highest BCUT2D eigenvalue weighted by Crippen LogP contribution is 2.50. The van der Waals surface area contributed by atoms with Gasteiger partial charge in [0.15, 0.2) is 11.6 Å². The van der Waals surface area contributed by atoms with Crippen LogP contribution in [-0.4, -0.2) is 25.7 Å². The molecule has 0 aromatic heterocycles. The Balaban J connectivity index is 1.82. The summed E-state index contributed by atoms with van der Waals surface area (Å²) in [5, 5.41) is 0. The number of alkyl halides is 1. The average Bonchev–Trinajstić information content (AvgIpc) is 3.21. The van der Waals surface area contributed by atoms with E-state index < -0.39 is 0 Å². The third-order valence-electron chi connectivity index (χ3n) is 4.59. The van der Waals surface area contributed by atoms with Crippen molar-refractivity contribution in [1.29, 1.82) is 0 Å². The van der Waals surface area contributed by atoms with Crippen LogP contribution in [0.1, 0.15) is 24.8 Å². The molecule has 1 aromatic carbocycles. The van der Waals surface area contributed by atoms with Crippen LogP contribution >= 0.6 is 11.6 Å². The monoisotopic (exact) mass is 298 g/mol. The lowest BCUT2D eigenvalue weighted by molar-refractivity contribution is 0.0402. The van der Waals surface area contributed by atoms with Gasteiger partial charge in [0.2, 0.25) is 0 Å². The van der Waals surface area contributed by atoms with Gasteiger partial charge < -0.3 is 9.47 Å². The van der Waals surface area contributed by atoms with E-state index in [0.29, 0.717) is 11.8 Å². The molecule has 2 nitrogen and oxygen atoms in total. The predicted octanol–water partition coefficient (Wildman–Crippen LogP) is 3.80. The van der Waals surface area contributed by atoms with Crippen molar-refractivity contribution >= 4 is 11.6 Å². The maximum absolute atomic E-state index is 13.8. The topological polar surface area (TPSA) is 18.5 Å². The number of hydrogen-bond donors (Lipinski definition) is 0. The molecule has 2 atom stereocenters. The Bertz CT molecular complexity index is 489. The zero-order valence-electron chi connectivity index (χ0n) is 11.7. The van der Waals surface area contributed by atoms with Crippen LogP contribution in [0.15, 0.2) is 18.2 Å². The van der Waals surface area contributed by atoms with Crippen molar-refractivity contribution in [2.45, 2.75) is 31.8 Å². The van der Waals surface area contributed by atoms with E-state index in [1.165, 1.54) is 20.0 Å². The second kappa shape index (κ2) is 5.53. The Morgan fingerprint density at radius 3 is 2.85 bits per heavy atom. The summed E-state index contributed by atoms with van der Waals surface area (Å²) in [7, 11) is 1.48. The van der Waals surface area contributed by atoms with Crippen molar-refractivity contribution in [3.63, 3.8) is 0 Å². The number of rotatable bonds is 5. The van der Waals surface area contributed by atoms with Crippen LogP contribution in [-0.2, 0) is 11.2 Å². The van der Waals surface area contributed by atoms with Crippen LogP contribution in [0.5, 0.6) is 5.75 Å². The molecule has 2 aliphatic rings. The summed E-state index contributed by atoms with van der Waals surface area (Å²) < 4.78 is 24.7. The van der Waals surface area contributed by atoms with Crippen molar-refractivity contribution in [2.75, 3.05) is 19.6 Å². The van der Waals surface area contributed by atoms with Crippen LogP contribution in [0.25, 0.3) is 0 Å². The number of halogens is 2. The summed E-state index contributed by atoms with van der Waals surface area (Å²) in [5.41, 5.74) is 0.934. The minimum Gasteiger partial charge on any atom is -0.494 e. The van der Waals surface area contributed by atoms with Crippen molar-refractivity contribution in [3.05, 3.63) is 29.6 Å². The molecule has 2 fully saturated rings. The minimum absolute atomic E-state index is 0.0379. The fourth-order valence-electron chi connectivity index (χ4n) is 3.35. The summed E-state index contributed by atoms with van der Waals surface area (Å²) in [6.45, 7) is 0.770. The molecule has 20 heavy (non-hydrogen) atoms. The van der Waals surface area contributed by atoms with Gasteiger partial charge >= 0.3 is 0 Å². The molecule has 3 rings (SSSR count). The zero-order chi connectivity index (χ0) is 14.2. The molecule has 1 saturated carbocycles. The van der Waals surface area contributed by atoms with Crippen molar-refractivity contribution in [1.82, 2.24) is 0 Å². The molecule has 1 saturated heterocycles. The van der Waals surface area contributed by atoms with E-state index in [0.717, 1.165) is 25.0 Å². The molecule has 1 aromatic rings. The van der Waals surface area contributed by atoms with Crippen LogP contribution < -0.4 is 4.74 Å². The maximum Gasteiger partial charge on any atom is 0.165 e. The van der Waals surface area contributed by atoms with Gasteiger partial charge in [0.1, 0.15) is 0 Å². The van der Waals surface area contributed by atoms with Crippen LogP contribution in [0.3, 0.4) is 0 Å². The summed E-state index contributed by atoms with van der Waals surface area (Å²) in [4.78, 5) is 0. The van der Waals surface area contributed by atoms with E-state index in [1.54, 1.807) is 12.1 Å². The smallest absolute Gasteiger partial charge is 0.165 e. The first kappa shape index (κ1) is 14.2. The average molecular weight is 299 g/mol. The molecule has 0 N–H and O–H groups in total. The van der Waals surface area contributed by atoms with Crippen molar-refractivity contribution in [2.24, 2.45) is 11.3 Å². The van der Waals surface area contributed by atoms with Crippen LogP contribution in [0.4, 0.5) is 4.39 Å². The Labute approximate surface area is 124 Å². The molecule has 110 valence electrons. The van der Waals surface area contributed by atoms with Gasteiger partial charge in [-0.05, 0) is 49.3 Å². The quantitative estimate of drug-likeness (QED) is 0.770. The first-order chi connectivity index (χ1) is 9.68. The van der Waals surface area contributed by atoms with E-state index in [2.05, 4.69) is 0 Å². The molecule has 0 spiro atoms. The van der Waals surface area contributed by atoms with E-state index in [4.69, 9.17) is 21.1 Å². The van der Waals surface area contributed by atoms with Gasteiger partial charge in [0.05, 0.1) is 13.2 Å². The van der Waals surface area contributed by atoms with Crippen LogP contribution in [0.2, 0.25) is 0 Å². The minimum atomic E-state index is -0.309. The van der Waals surface area contributed by atoms with Crippen LogP contribution in [0, 0.1) is 17.2 Å². The molecule has 1 aliphatic carbocycles. The third kappa shape index (κ3) is 2.53. The number of benzene rings is 1. The summed E-state index contributed by atoms with van der Waals surface area (Å²) in [6, 6.07) is 5.18. The van der Waals surface area contributed by atoms with Gasteiger partial charge in [-0.25, -0.2) is 4.39 Å². The van der Waals surface area contributed by atoms with Gasteiger partial charge in [0, 0.05) is 17.9 Å². The fraction of sp³-hybridized carbons (Fsp3) is 0.625. The summed E-state index contributed by atoms with van der Waals surface area (Å²) in [6.07, 6.45) is 4.45. The zero-order valence-corrected chi connectivity index (χ0v) is 12.5. The van der Waals surface area contributed by atoms with Gasteiger partial charge in [-0.2, -0.15) is 0 Å². The Morgan fingerprint density at radius 1 is 1.45 bits per heavy atom. The third-order valence-corrected chi connectivity index (χ3v) is 5.12. The predicted molar refractivity (Wildman–Crippen MR) is 76.9 cm³/mol. The fourth-order valence-corrected chi connectivity index (χ4v) is 3.73. The number of methoxy groups -OCH3 is 1. The van der Waals surface area contributed by atoms with E-state index >= 15 is 0 Å². The molecule has 1 heterocycles. The standard InChI is InChI=1S/C16H20ClFO2/c1-19-14-5-2-11(8-13(14)18)9-16(10-17)6-7-20-15(16)12-3-4-12/h2,5,8,12,15H,3-4,6-7,9-10H2,1H3. The van der Waals surface area contributed by atoms with Gasteiger partial charge in [0.25, 0.3) is 0 Å². The maximum atomic E-state index is 13.8. The molecule has 0 bridgehead atoms. The Hall–Kier alpha value is -0.800. The van der Waals surface area contributed by atoms with Crippen molar-refractivity contribution < 1.29 is 13.9 Å². The Kier molecular flexibility index (Phi) is 3.91. The first-order valence-electron chi connectivity index (χ1n) is 7.18. The lowest BCUT2D eigenvalue weighted by Gasteiger charge is -2.32. The largest absolute Gasteiger partial charge is 0.494 e. The second-order valence-corrected chi connectivity index (χ2v) is 6.29. The Morgan fingerprint density at radius 2 is 2.25 bits per heavy atom. The highest BCUT2D eigenvalue weighted by Gasteiger charge is 2.50. The highest BCUT2D eigenvalue weighted by molar-refractivity contribution is 6.18. The second-order valence-electron chi connectivity index (χ2n) is 6.02. The molecular formula is C16H20ClFO2. The van der Waals surface area contributed by atoms with Gasteiger partial charge in [-0.15, -0.1) is 11.6 Å². The molecule has 4 heteroatoms. The number of ether oxygens (including phenoxy) is 2. The van der Waals surface area contributed by atoms with E-state index in [9.17, 15) is 4.39 Å². The molecular weight excluding hydrogens is 279 g/mol. The number of hydrogen-bond acceptors (Lipinski definition) is 2. The highest BCUT2D eigenvalue weighted by atomic mass is 35.5. The molecule has 1 aliphatic heterocycles. The van der Waals surface area contributed by atoms with E-state index in [1.807, 2.05) is 6.07 Å². The normalized spacial score (nSPS) is 29.6. The van der Waals surface area contributed by atoms with Gasteiger partial charge in [-0.1, -0.05) is 6.07 Å². The first-order valence-corrected chi connectivity index (χ1v) is 7.72. The van der Waals surface area contributed by atoms with E-state index in [-0.39, 0.29) is 23.1 Å². The lowest BCUT2D eigenvalue weighted by atomic mass is 9.75. The van der Waals surface area contributed by atoms with Crippen molar-refractivity contribution in [3.8, 4) is 5.75 Å². The molecule has 0 amide bonds. The SMILES string of the molecule is COc1ccc(CC2(CCl)CCOC2C2CC2)cc1F. The summed E-state index contributed by atoms with van der Waals surface area (Å²) >= 11 is 6.28. The molecule has 2 unspecified atom stereocenters. The lowest BCUT2D eigenvalue weighted by Crippen LogP contribution is -2.36. The molecule has 0 radical (unpaired) electrons. The van der Waals surface area contributed by atoms with Gasteiger partial charge in [-0.3, -0.25) is 0 Å².